The monoisotopic (exact) mass is 257 g/mol. The van der Waals surface area contributed by atoms with Gasteiger partial charge < -0.3 is 11.3 Å². The van der Waals surface area contributed by atoms with Crippen LogP contribution in [-0.2, 0) is 25.9 Å². The maximum atomic E-state index is 8.36. The Balaban J connectivity index is -0.0000000200. The Kier molecular flexibility index (Phi) is 124. The van der Waals surface area contributed by atoms with Crippen LogP contribution >= 0.6 is 0 Å². The SMILES string of the molecule is O=CO.[NH2-].[Pt]. The number of hydrogen-bond acceptors (Lipinski definition) is 1. The van der Waals surface area contributed by atoms with E-state index in [1.807, 2.05) is 0 Å². The molecule has 0 aliphatic carbocycles. The minimum absolute atomic E-state index is 0. The van der Waals surface area contributed by atoms with Gasteiger partial charge in [0.15, 0.2) is 0 Å². The quantitative estimate of drug-likeness (QED) is 0.639. The summed E-state index contributed by atoms with van der Waals surface area (Å²) in [5.74, 6) is 0. The summed E-state index contributed by atoms with van der Waals surface area (Å²) < 4.78 is 0. The average molecular weight is 257 g/mol. The molecule has 0 spiro atoms. The van der Waals surface area contributed by atoms with E-state index in [1.54, 1.807) is 0 Å². The van der Waals surface area contributed by atoms with Crippen LogP contribution < -0.4 is 0 Å². The van der Waals surface area contributed by atoms with Gasteiger partial charge >= 0.3 is 0 Å². The van der Waals surface area contributed by atoms with Crippen LogP contribution in [0.25, 0.3) is 6.15 Å². The number of carbonyl (C=O) groups is 1. The van der Waals surface area contributed by atoms with Crippen molar-refractivity contribution in [3.05, 3.63) is 6.15 Å². The van der Waals surface area contributed by atoms with Crippen molar-refractivity contribution in [2.24, 2.45) is 0 Å². The summed E-state index contributed by atoms with van der Waals surface area (Å²) in [7, 11) is 0. The maximum absolute atomic E-state index is 8.36. The largest absolute Gasteiger partial charge is 0.693 e. The fourth-order valence-electron chi connectivity index (χ4n) is 0. The molecule has 0 aromatic rings. The zero-order valence-corrected chi connectivity index (χ0v) is 4.60. The van der Waals surface area contributed by atoms with Crippen LogP contribution in [0.1, 0.15) is 0 Å². The number of rotatable bonds is 0. The zero-order valence-electron chi connectivity index (χ0n) is 2.33. The van der Waals surface area contributed by atoms with Crippen molar-refractivity contribution in [2.75, 3.05) is 0 Å². The molecule has 36 valence electrons. The third kappa shape index (κ3) is 1320. The summed E-state index contributed by atoms with van der Waals surface area (Å²) in [5.41, 5.74) is 0. The molecular formula is CH4NO2Pt-. The van der Waals surface area contributed by atoms with Crippen molar-refractivity contribution < 1.29 is 31.0 Å². The van der Waals surface area contributed by atoms with Crippen LogP contribution in [0.3, 0.4) is 0 Å². The smallest absolute Gasteiger partial charge is 0.290 e. The van der Waals surface area contributed by atoms with Gasteiger partial charge in [-0.2, -0.15) is 0 Å². The van der Waals surface area contributed by atoms with E-state index in [2.05, 4.69) is 0 Å². The van der Waals surface area contributed by atoms with E-state index < -0.39 is 0 Å². The minimum atomic E-state index is -0.250. The molecule has 0 aliphatic heterocycles. The summed E-state index contributed by atoms with van der Waals surface area (Å²) in [6.07, 6.45) is 0. The van der Waals surface area contributed by atoms with Crippen LogP contribution in [0.15, 0.2) is 0 Å². The first kappa shape index (κ1) is 19.3. The Morgan fingerprint density at radius 2 is 1.60 bits per heavy atom. The van der Waals surface area contributed by atoms with Gasteiger partial charge in [-0.1, -0.05) is 0 Å². The van der Waals surface area contributed by atoms with E-state index in [-0.39, 0.29) is 33.7 Å². The van der Waals surface area contributed by atoms with Gasteiger partial charge in [-0.3, -0.25) is 4.79 Å². The van der Waals surface area contributed by atoms with E-state index >= 15 is 0 Å². The Labute approximate surface area is 44.2 Å². The van der Waals surface area contributed by atoms with Crippen molar-refractivity contribution in [3.8, 4) is 0 Å². The third-order valence-electron chi connectivity index (χ3n) is 0. The molecule has 0 rings (SSSR count). The standard InChI is InChI=1S/CH2O2.H2N.Pt/c2-1-3;;/h1H,(H,2,3);1H2;/q;-1;. The second-order valence-corrected chi connectivity index (χ2v) is 0.105. The molecule has 0 aliphatic rings. The molecule has 0 radical (unpaired) electrons. The van der Waals surface area contributed by atoms with E-state index in [9.17, 15) is 0 Å². The second-order valence-electron chi connectivity index (χ2n) is 0.105. The first-order valence-electron chi connectivity index (χ1n) is 0.494. The fraction of sp³-hybridized carbons (Fsp3) is 0. The van der Waals surface area contributed by atoms with E-state index in [0.29, 0.717) is 0 Å². The van der Waals surface area contributed by atoms with E-state index in [4.69, 9.17) is 9.90 Å². The van der Waals surface area contributed by atoms with Gasteiger partial charge in [0, 0.05) is 21.1 Å². The van der Waals surface area contributed by atoms with Gasteiger partial charge in [0.2, 0.25) is 0 Å². The van der Waals surface area contributed by atoms with Crippen molar-refractivity contribution in [2.45, 2.75) is 0 Å². The van der Waals surface area contributed by atoms with Gasteiger partial charge in [-0.25, -0.2) is 0 Å². The molecule has 0 atom stereocenters. The minimum Gasteiger partial charge on any atom is -0.693 e. The average Bonchev–Trinajstić information content (AvgIpc) is 0.918. The molecule has 0 saturated carbocycles. The predicted octanol–water partition coefficient (Wildman–Crippen LogP) is 0.415. The summed E-state index contributed by atoms with van der Waals surface area (Å²) in [4.78, 5) is 8.36. The van der Waals surface area contributed by atoms with Crippen molar-refractivity contribution in [1.29, 1.82) is 0 Å². The Morgan fingerprint density at radius 1 is 1.60 bits per heavy atom. The molecule has 0 aromatic heterocycles. The first-order chi connectivity index (χ1) is 1.41. The molecule has 5 heavy (non-hydrogen) atoms. The van der Waals surface area contributed by atoms with Gasteiger partial charge in [-0.15, -0.1) is 0 Å². The van der Waals surface area contributed by atoms with E-state index in [1.165, 1.54) is 0 Å². The molecule has 3 nitrogen and oxygen atoms in total. The summed E-state index contributed by atoms with van der Waals surface area (Å²) in [6, 6.07) is 0. The molecule has 0 saturated heterocycles. The maximum Gasteiger partial charge on any atom is 0.290 e. The Bertz CT molecular complexity index is 17.1. The normalized spacial score (nSPS) is 2.40. The second kappa shape index (κ2) is 32.0. The van der Waals surface area contributed by atoms with Crippen LogP contribution in [0.5, 0.6) is 0 Å². The summed E-state index contributed by atoms with van der Waals surface area (Å²) in [6.45, 7) is -0.250. The van der Waals surface area contributed by atoms with E-state index in [0.717, 1.165) is 0 Å². The van der Waals surface area contributed by atoms with Gasteiger partial charge in [0.25, 0.3) is 6.47 Å². The predicted molar refractivity (Wildman–Crippen MR) is 14.0 cm³/mol. The van der Waals surface area contributed by atoms with Crippen LogP contribution in [0.2, 0.25) is 0 Å². The topological polar surface area (TPSA) is 70.8 Å². The molecule has 0 unspecified atom stereocenters. The molecule has 0 fully saturated rings. The van der Waals surface area contributed by atoms with Crippen LogP contribution in [0, 0.1) is 0 Å². The van der Waals surface area contributed by atoms with Crippen molar-refractivity contribution >= 4 is 6.47 Å². The van der Waals surface area contributed by atoms with Crippen molar-refractivity contribution in [1.82, 2.24) is 0 Å². The molecule has 4 heteroatoms. The Hall–Kier alpha value is 0.118. The third-order valence-corrected chi connectivity index (χ3v) is 0. The van der Waals surface area contributed by atoms with Crippen LogP contribution in [0.4, 0.5) is 0 Å². The summed E-state index contributed by atoms with van der Waals surface area (Å²) in [5, 5.41) is 6.89. The molecule has 3 N–H and O–H groups in total. The van der Waals surface area contributed by atoms with Gasteiger partial charge in [0.1, 0.15) is 0 Å². The number of carboxylic acid groups (broad SMARTS) is 1. The zero-order chi connectivity index (χ0) is 2.71. The fourth-order valence-corrected chi connectivity index (χ4v) is 0. The number of nitrogens with two attached hydrogens (primary N) is 1. The summed E-state index contributed by atoms with van der Waals surface area (Å²) >= 11 is 0. The van der Waals surface area contributed by atoms with Crippen molar-refractivity contribution in [3.63, 3.8) is 0 Å². The van der Waals surface area contributed by atoms with Gasteiger partial charge in [0.05, 0.1) is 0 Å². The molecule has 0 heterocycles. The van der Waals surface area contributed by atoms with Crippen LogP contribution in [-0.4, -0.2) is 11.6 Å². The number of hydrogen-bond donors (Lipinski definition) is 1. The molecule has 0 aromatic carbocycles. The first-order valence-corrected chi connectivity index (χ1v) is 0.494. The molecular weight excluding hydrogens is 253 g/mol. The Morgan fingerprint density at radius 3 is 1.60 bits per heavy atom. The molecule has 0 amide bonds. The molecule has 0 bridgehead atoms. The van der Waals surface area contributed by atoms with Gasteiger partial charge in [-0.05, 0) is 0 Å².